The van der Waals surface area contributed by atoms with Crippen LogP contribution in [0, 0.1) is 0 Å². The predicted octanol–water partition coefficient (Wildman–Crippen LogP) is 4.06. The maximum absolute atomic E-state index is 12.4. The molecule has 0 fully saturated rings. The van der Waals surface area contributed by atoms with Crippen molar-refractivity contribution in [3.05, 3.63) is 77.0 Å². The fraction of sp³-hybridized carbons (Fsp3) is 0.100. The molecule has 5 nitrogen and oxygen atoms in total. The topological polar surface area (TPSA) is 61.8 Å². The van der Waals surface area contributed by atoms with E-state index in [1.165, 1.54) is 6.08 Å². The number of hydrogen-bond acceptors (Lipinski definition) is 5. The van der Waals surface area contributed by atoms with E-state index in [-0.39, 0.29) is 24.8 Å². The maximum atomic E-state index is 12.4. The molecule has 1 aliphatic heterocycles. The Morgan fingerprint density at radius 3 is 2.85 bits per heavy atom. The summed E-state index contributed by atoms with van der Waals surface area (Å²) in [6, 6.07) is 11.9. The molecule has 0 bridgehead atoms. The number of esters is 1. The zero-order chi connectivity index (χ0) is 18.5. The number of ketones is 1. The first kappa shape index (κ1) is 17.8. The van der Waals surface area contributed by atoms with Crippen LogP contribution in [-0.4, -0.2) is 25.0 Å². The predicted molar refractivity (Wildman–Crippen MR) is 97.5 cm³/mol. The Morgan fingerprint density at radius 1 is 1.23 bits per heavy atom. The summed E-state index contributed by atoms with van der Waals surface area (Å²) < 4.78 is 15.8. The number of ether oxygens (including phenoxy) is 3. The van der Waals surface area contributed by atoms with Gasteiger partial charge in [0.1, 0.15) is 18.1 Å². The van der Waals surface area contributed by atoms with Gasteiger partial charge < -0.3 is 14.2 Å². The summed E-state index contributed by atoms with van der Waals surface area (Å²) in [7, 11) is 0. The molecule has 0 amide bonds. The van der Waals surface area contributed by atoms with Crippen molar-refractivity contribution in [2.24, 2.45) is 0 Å². The van der Waals surface area contributed by atoms with E-state index in [4.69, 9.17) is 25.8 Å². The first-order valence-electron chi connectivity index (χ1n) is 7.80. The monoisotopic (exact) mass is 370 g/mol. The zero-order valence-corrected chi connectivity index (χ0v) is 14.5. The Morgan fingerprint density at radius 2 is 2.08 bits per heavy atom. The largest absolute Gasteiger partial charge is 0.482 e. The standard InChI is InChI=1S/C20H15ClO5/c1-2-8-24-19(22)12-25-15-6-7-16-17(11-15)26-18(20(16)23)10-13-4-3-5-14(21)9-13/h2-7,9-11H,1,8,12H2/b18-10-. The van der Waals surface area contributed by atoms with Crippen LogP contribution in [0.15, 0.2) is 60.9 Å². The smallest absolute Gasteiger partial charge is 0.344 e. The molecule has 0 aromatic heterocycles. The average molecular weight is 371 g/mol. The molecular weight excluding hydrogens is 356 g/mol. The molecule has 132 valence electrons. The molecule has 0 aliphatic carbocycles. The summed E-state index contributed by atoms with van der Waals surface area (Å²) >= 11 is 5.95. The van der Waals surface area contributed by atoms with Crippen LogP contribution >= 0.6 is 11.6 Å². The minimum Gasteiger partial charge on any atom is -0.482 e. The highest BCUT2D eigenvalue weighted by molar-refractivity contribution is 6.30. The van der Waals surface area contributed by atoms with Crippen LogP contribution in [-0.2, 0) is 9.53 Å². The molecule has 0 saturated heterocycles. The van der Waals surface area contributed by atoms with Crippen molar-refractivity contribution < 1.29 is 23.8 Å². The van der Waals surface area contributed by atoms with Crippen molar-refractivity contribution in [3.63, 3.8) is 0 Å². The summed E-state index contributed by atoms with van der Waals surface area (Å²) in [4.78, 5) is 23.9. The quantitative estimate of drug-likeness (QED) is 0.436. The molecule has 0 N–H and O–H groups in total. The molecular formula is C20H15ClO5. The molecule has 0 unspecified atom stereocenters. The van der Waals surface area contributed by atoms with Crippen molar-refractivity contribution in [1.29, 1.82) is 0 Å². The van der Waals surface area contributed by atoms with Gasteiger partial charge in [-0.15, -0.1) is 0 Å². The molecule has 2 aromatic rings. The number of hydrogen-bond donors (Lipinski definition) is 0. The van der Waals surface area contributed by atoms with E-state index < -0.39 is 5.97 Å². The van der Waals surface area contributed by atoms with Gasteiger partial charge >= 0.3 is 5.97 Å². The molecule has 1 aliphatic rings. The van der Waals surface area contributed by atoms with E-state index in [2.05, 4.69) is 6.58 Å². The van der Waals surface area contributed by atoms with Crippen molar-refractivity contribution in [2.45, 2.75) is 0 Å². The minimum atomic E-state index is -0.510. The highest BCUT2D eigenvalue weighted by Gasteiger charge is 2.27. The highest BCUT2D eigenvalue weighted by Crippen LogP contribution is 2.35. The minimum absolute atomic E-state index is 0.127. The van der Waals surface area contributed by atoms with Gasteiger partial charge in [0, 0.05) is 11.1 Å². The normalized spacial score (nSPS) is 13.9. The van der Waals surface area contributed by atoms with Crippen molar-refractivity contribution in [1.82, 2.24) is 0 Å². The molecule has 0 atom stereocenters. The summed E-state index contributed by atoms with van der Waals surface area (Å²) in [5.41, 5.74) is 1.19. The number of fused-ring (bicyclic) bond motifs is 1. The van der Waals surface area contributed by atoms with Gasteiger partial charge in [-0.25, -0.2) is 4.79 Å². The number of carbonyl (C=O) groups is 2. The molecule has 26 heavy (non-hydrogen) atoms. The van der Waals surface area contributed by atoms with E-state index in [0.717, 1.165) is 5.56 Å². The van der Waals surface area contributed by atoms with E-state index in [0.29, 0.717) is 22.1 Å². The Hall–Kier alpha value is -3.05. The highest BCUT2D eigenvalue weighted by atomic mass is 35.5. The van der Waals surface area contributed by atoms with Crippen LogP contribution in [0.4, 0.5) is 0 Å². The summed E-state index contributed by atoms with van der Waals surface area (Å²) in [5.74, 6) is 0.238. The van der Waals surface area contributed by atoms with Crippen molar-refractivity contribution >= 4 is 29.4 Å². The zero-order valence-electron chi connectivity index (χ0n) is 13.7. The summed E-state index contributed by atoms with van der Waals surface area (Å²) in [6.45, 7) is 3.34. The number of halogens is 1. The number of allylic oxidation sites excluding steroid dienone is 1. The second-order valence-electron chi connectivity index (χ2n) is 5.41. The Balaban J connectivity index is 1.72. The first-order chi connectivity index (χ1) is 12.6. The summed E-state index contributed by atoms with van der Waals surface area (Å²) in [5, 5.41) is 0.571. The maximum Gasteiger partial charge on any atom is 0.344 e. The van der Waals surface area contributed by atoms with E-state index in [9.17, 15) is 9.59 Å². The third-order valence-corrected chi connectivity index (χ3v) is 3.74. The lowest BCUT2D eigenvalue weighted by atomic mass is 10.1. The fourth-order valence-electron chi connectivity index (χ4n) is 2.34. The van der Waals surface area contributed by atoms with E-state index in [1.807, 2.05) is 6.07 Å². The van der Waals surface area contributed by atoms with Crippen LogP contribution in [0.3, 0.4) is 0 Å². The third-order valence-electron chi connectivity index (χ3n) is 3.51. The van der Waals surface area contributed by atoms with Gasteiger partial charge in [-0.1, -0.05) is 36.4 Å². The molecule has 0 radical (unpaired) electrons. The molecule has 2 aromatic carbocycles. The van der Waals surface area contributed by atoms with Crippen LogP contribution in [0.25, 0.3) is 6.08 Å². The van der Waals surface area contributed by atoms with Crippen molar-refractivity contribution in [3.8, 4) is 11.5 Å². The second-order valence-corrected chi connectivity index (χ2v) is 5.85. The van der Waals surface area contributed by atoms with Gasteiger partial charge in [-0.3, -0.25) is 4.79 Å². The van der Waals surface area contributed by atoms with Crippen LogP contribution in [0.5, 0.6) is 11.5 Å². The van der Waals surface area contributed by atoms with Gasteiger partial charge in [-0.05, 0) is 35.9 Å². The first-order valence-corrected chi connectivity index (χ1v) is 8.18. The van der Waals surface area contributed by atoms with Crippen LogP contribution in [0.2, 0.25) is 5.02 Å². The lowest BCUT2D eigenvalue weighted by Gasteiger charge is -2.06. The van der Waals surface area contributed by atoms with Crippen LogP contribution < -0.4 is 9.47 Å². The van der Waals surface area contributed by atoms with Gasteiger partial charge in [0.05, 0.1) is 5.56 Å². The molecule has 3 rings (SSSR count). The second kappa shape index (κ2) is 7.89. The number of Topliss-reactive ketones (excluding diaryl/α,β-unsaturated/α-hetero) is 1. The third kappa shape index (κ3) is 4.13. The average Bonchev–Trinajstić information content (AvgIpc) is 2.93. The molecule has 0 saturated carbocycles. The Bertz CT molecular complexity index is 901. The fourth-order valence-corrected chi connectivity index (χ4v) is 2.54. The van der Waals surface area contributed by atoms with Gasteiger partial charge in [0.25, 0.3) is 0 Å². The van der Waals surface area contributed by atoms with Gasteiger partial charge in [0.2, 0.25) is 5.78 Å². The Labute approximate surface area is 155 Å². The van der Waals surface area contributed by atoms with Crippen molar-refractivity contribution in [2.75, 3.05) is 13.2 Å². The number of rotatable bonds is 6. The lowest BCUT2D eigenvalue weighted by molar-refractivity contribution is -0.144. The number of carbonyl (C=O) groups excluding carboxylic acids is 2. The van der Waals surface area contributed by atoms with Gasteiger partial charge in [-0.2, -0.15) is 0 Å². The Kier molecular flexibility index (Phi) is 5.39. The van der Waals surface area contributed by atoms with E-state index >= 15 is 0 Å². The van der Waals surface area contributed by atoms with E-state index in [1.54, 1.807) is 42.5 Å². The van der Waals surface area contributed by atoms with Crippen LogP contribution in [0.1, 0.15) is 15.9 Å². The molecule has 1 heterocycles. The molecule has 0 spiro atoms. The summed E-state index contributed by atoms with van der Waals surface area (Å²) in [6.07, 6.45) is 3.10. The SMILES string of the molecule is C=CCOC(=O)COc1ccc2c(c1)O/C(=C\c1cccc(Cl)c1)C2=O. The lowest BCUT2D eigenvalue weighted by Crippen LogP contribution is -2.14. The number of benzene rings is 2. The molecule has 6 heteroatoms. The van der Waals surface area contributed by atoms with Gasteiger partial charge in [0.15, 0.2) is 12.4 Å².